The normalized spacial score (nSPS) is 17.7. The molecule has 8 nitrogen and oxygen atoms in total. The third-order valence-electron chi connectivity index (χ3n) is 4.22. The average Bonchev–Trinajstić information content (AvgIpc) is 3.02. The van der Waals surface area contributed by atoms with Crippen LogP contribution in [0.5, 0.6) is 0 Å². The maximum atomic E-state index is 12.6. The zero-order chi connectivity index (χ0) is 18.2. The largest absolute Gasteiger partial charge is 0.308 e. The van der Waals surface area contributed by atoms with Crippen molar-refractivity contribution in [3.8, 4) is 0 Å². The van der Waals surface area contributed by atoms with Crippen molar-refractivity contribution in [2.24, 2.45) is 7.05 Å². The first-order chi connectivity index (χ1) is 11.7. The minimum atomic E-state index is -3.66. The molecule has 0 saturated carbocycles. The van der Waals surface area contributed by atoms with E-state index in [2.05, 4.69) is 10.2 Å². The first kappa shape index (κ1) is 18.3. The van der Waals surface area contributed by atoms with Gasteiger partial charge in [0.2, 0.25) is 25.0 Å². The van der Waals surface area contributed by atoms with Crippen molar-refractivity contribution >= 4 is 31.5 Å². The van der Waals surface area contributed by atoms with Gasteiger partial charge >= 0.3 is 0 Å². The number of sulfonamides is 1. The zero-order valence-electron chi connectivity index (χ0n) is 13.4. The first-order valence-electron chi connectivity index (χ1n) is 7.56. The predicted octanol–water partition coefficient (Wildman–Crippen LogP) is 1.10. The minimum Gasteiger partial charge on any atom is -0.308 e. The van der Waals surface area contributed by atoms with Crippen LogP contribution in [0.15, 0.2) is 40.6 Å². The smallest absolute Gasteiger partial charge is 0.249 e. The van der Waals surface area contributed by atoms with Crippen LogP contribution in [0.1, 0.15) is 12.8 Å². The summed E-state index contributed by atoms with van der Waals surface area (Å²) in [6.07, 6.45) is 1.75. The highest BCUT2D eigenvalue weighted by atomic mass is 35.5. The number of rotatable bonds is 4. The molecule has 2 heterocycles. The molecule has 0 bridgehead atoms. The minimum absolute atomic E-state index is 0.0912. The van der Waals surface area contributed by atoms with Crippen LogP contribution in [-0.4, -0.2) is 54.2 Å². The average molecular weight is 405 g/mol. The van der Waals surface area contributed by atoms with Crippen molar-refractivity contribution in [2.75, 3.05) is 13.1 Å². The Bertz CT molecular complexity index is 963. The fourth-order valence-corrected chi connectivity index (χ4v) is 6.15. The number of hydrogen-bond donors (Lipinski definition) is 0. The van der Waals surface area contributed by atoms with Gasteiger partial charge in [-0.2, -0.15) is 4.31 Å². The van der Waals surface area contributed by atoms with Crippen LogP contribution in [0, 0.1) is 0 Å². The van der Waals surface area contributed by atoms with Crippen LogP contribution in [0.4, 0.5) is 0 Å². The molecule has 0 spiro atoms. The summed E-state index contributed by atoms with van der Waals surface area (Å²) in [6.45, 7) is 0.263. The second kappa shape index (κ2) is 6.67. The Morgan fingerprint density at radius 2 is 1.68 bits per heavy atom. The SMILES string of the molecule is Cn1cnnc1S(=O)(=O)C1CCN(S(=O)(=O)c2ccc(Cl)cc2)CC1. The standard InChI is InChI=1S/C14H17ClN4O4S2/c1-18-10-16-17-14(18)24(20,21)12-6-8-19(9-7-12)25(22,23)13-4-2-11(15)3-5-13/h2-5,10,12H,6-9H2,1H3. The lowest BCUT2D eigenvalue weighted by molar-refractivity contribution is 0.344. The van der Waals surface area contributed by atoms with E-state index in [4.69, 9.17) is 11.6 Å². The second-order valence-electron chi connectivity index (χ2n) is 5.83. The molecule has 0 N–H and O–H groups in total. The van der Waals surface area contributed by atoms with Crippen LogP contribution in [0.2, 0.25) is 5.02 Å². The van der Waals surface area contributed by atoms with Gasteiger partial charge in [-0.05, 0) is 37.1 Å². The summed E-state index contributed by atoms with van der Waals surface area (Å²) < 4.78 is 53.2. The van der Waals surface area contributed by atoms with Gasteiger partial charge in [0.15, 0.2) is 0 Å². The Morgan fingerprint density at radius 3 is 2.20 bits per heavy atom. The molecular weight excluding hydrogens is 388 g/mol. The van der Waals surface area contributed by atoms with Gasteiger partial charge in [-0.15, -0.1) is 10.2 Å². The summed E-state index contributed by atoms with van der Waals surface area (Å²) in [6, 6.07) is 5.92. The number of aryl methyl sites for hydroxylation is 1. The Balaban J connectivity index is 1.76. The Morgan fingerprint density at radius 1 is 1.08 bits per heavy atom. The Labute approximate surface area is 151 Å². The van der Waals surface area contributed by atoms with Gasteiger partial charge in [0.1, 0.15) is 6.33 Å². The highest BCUT2D eigenvalue weighted by molar-refractivity contribution is 7.92. The lowest BCUT2D eigenvalue weighted by Gasteiger charge is -2.30. The molecule has 1 aliphatic rings. The maximum absolute atomic E-state index is 12.6. The second-order valence-corrected chi connectivity index (χ2v) is 10.3. The molecular formula is C14H17ClN4O4S2. The third kappa shape index (κ3) is 3.43. The summed E-state index contributed by atoms with van der Waals surface area (Å²) in [4.78, 5) is 0.145. The van der Waals surface area contributed by atoms with Crippen molar-refractivity contribution in [3.05, 3.63) is 35.6 Å². The van der Waals surface area contributed by atoms with E-state index in [-0.39, 0.29) is 36.0 Å². The predicted molar refractivity (Wildman–Crippen MR) is 91.4 cm³/mol. The van der Waals surface area contributed by atoms with Gasteiger partial charge in [-0.25, -0.2) is 16.8 Å². The van der Waals surface area contributed by atoms with Crippen LogP contribution in [0.25, 0.3) is 0 Å². The van der Waals surface area contributed by atoms with Gasteiger partial charge in [0.25, 0.3) is 0 Å². The number of piperidine rings is 1. The van der Waals surface area contributed by atoms with Crippen molar-refractivity contribution in [1.82, 2.24) is 19.1 Å². The molecule has 1 aliphatic heterocycles. The molecule has 11 heteroatoms. The monoisotopic (exact) mass is 404 g/mol. The highest BCUT2D eigenvalue weighted by Crippen LogP contribution is 2.27. The van der Waals surface area contributed by atoms with Crippen LogP contribution < -0.4 is 0 Å². The van der Waals surface area contributed by atoms with Gasteiger partial charge < -0.3 is 4.57 Å². The lowest BCUT2D eigenvalue weighted by Crippen LogP contribution is -2.42. The molecule has 3 rings (SSSR count). The van der Waals surface area contributed by atoms with Crippen molar-refractivity contribution in [3.63, 3.8) is 0 Å². The van der Waals surface area contributed by atoms with E-state index in [9.17, 15) is 16.8 Å². The summed E-state index contributed by atoms with van der Waals surface area (Å²) >= 11 is 5.79. The van der Waals surface area contributed by atoms with Gasteiger partial charge in [-0.3, -0.25) is 0 Å². The first-order valence-corrected chi connectivity index (χ1v) is 10.9. The van der Waals surface area contributed by atoms with E-state index < -0.39 is 25.1 Å². The molecule has 2 aromatic rings. The molecule has 0 amide bonds. The number of halogens is 1. The molecule has 136 valence electrons. The number of nitrogens with zero attached hydrogens (tertiary/aromatic N) is 4. The maximum Gasteiger partial charge on any atom is 0.249 e. The Hall–Kier alpha value is -1.49. The molecule has 0 radical (unpaired) electrons. The van der Waals surface area contributed by atoms with E-state index in [1.54, 1.807) is 7.05 Å². The van der Waals surface area contributed by atoms with Crippen molar-refractivity contribution in [1.29, 1.82) is 0 Å². The van der Waals surface area contributed by atoms with Crippen LogP contribution >= 0.6 is 11.6 Å². The lowest BCUT2D eigenvalue weighted by atomic mass is 10.2. The summed E-state index contributed by atoms with van der Waals surface area (Å²) in [7, 11) is -5.74. The number of benzene rings is 1. The molecule has 0 unspecified atom stereocenters. The van der Waals surface area contributed by atoms with Crippen LogP contribution in [-0.2, 0) is 26.9 Å². The summed E-state index contributed by atoms with van der Waals surface area (Å²) in [5.74, 6) is 0. The van der Waals surface area contributed by atoms with E-state index in [0.717, 1.165) is 0 Å². The van der Waals surface area contributed by atoms with Gasteiger partial charge in [0, 0.05) is 25.2 Å². The quantitative estimate of drug-likeness (QED) is 0.755. The molecule has 1 saturated heterocycles. The molecule has 1 fully saturated rings. The zero-order valence-corrected chi connectivity index (χ0v) is 15.8. The molecule has 0 atom stereocenters. The van der Waals surface area contributed by atoms with E-state index >= 15 is 0 Å². The van der Waals surface area contributed by atoms with Crippen molar-refractivity contribution < 1.29 is 16.8 Å². The third-order valence-corrected chi connectivity index (χ3v) is 8.61. The molecule has 1 aromatic heterocycles. The summed E-state index contributed by atoms with van der Waals surface area (Å²) in [5, 5.41) is 6.95. The van der Waals surface area contributed by atoms with E-state index in [1.165, 1.54) is 39.5 Å². The fourth-order valence-electron chi connectivity index (χ4n) is 2.82. The van der Waals surface area contributed by atoms with Crippen molar-refractivity contribution in [2.45, 2.75) is 28.1 Å². The highest BCUT2D eigenvalue weighted by Gasteiger charge is 2.37. The van der Waals surface area contributed by atoms with Gasteiger partial charge in [0.05, 0.1) is 10.1 Å². The fraction of sp³-hybridized carbons (Fsp3) is 0.429. The summed E-state index contributed by atoms with van der Waals surface area (Å²) in [5.41, 5.74) is 0. The topological polar surface area (TPSA) is 102 Å². The molecule has 1 aromatic carbocycles. The molecule has 25 heavy (non-hydrogen) atoms. The van der Waals surface area contributed by atoms with E-state index in [1.807, 2.05) is 0 Å². The number of aromatic nitrogens is 3. The number of sulfone groups is 1. The Kier molecular flexibility index (Phi) is 4.89. The van der Waals surface area contributed by atoms with Gasteiger partial charge in [-0.1, -0.05) is 11.6 Å². The number of hydrogen-bond acceptors (Lipinski definition) is 6. The molecule has 0 aliphatic carbocycles. The van der Waals surface area contributed by atoms with E-state index in [0.29, 0.717) is 5.02 Å². The van der Waals surface area contributed by atoms with Crippen LogP contribution in [0.3, 0.4) is 0 Å².